The molecular formula is C15H24N2O2. The number of benzene rings is 1. The fourth-order valence-corrected chi connectivity index (χ4v) is 2.59. The van der Waals surface area contributed by atoms with Gasteiger partial charge >= 0.3 is 0 Å². The molecule has 0 amide bonds. The van der Waals surface area contributed by atoms with Crippen LogP contribution < -0.4 is 10.1 Å². The number of aromatic hydroxyl groups is 1. The van der Waals surface area contributed by atoms with Crippen molar-refractivity contribution in [3.63, 3.8) is 0 Å². The molecule has 106 valence electrons. The molecule has 1 aliphatic rings. The zero-order valence-electron chi connectivity index (χ0n) is 11.9. The van der Waals surface area contributed by atoms with Crippen molar-refractivity contribution >= 4 is 0 Å². The molecule has 1 aromatic carbocycles. The summed E-state index contributed by atoms with van der Waals surface area (Å²) in [5.74, 6) is 1.56. The maximum absolute atomic E-state index is 10.1. The standard InChI is InChI=1S/C15H24N2O2/c1-3-19-14-6-4-5-13(15(14)18)10-16-9-12-7-8-17(2)11-12/h4-6,12,16,18H,3,7-11H2,1-2H3. The maximum atomic E-state index is 10.1. The summed E-state index contributed by atoms with van der Waals surface area (Å²) in [4.78, 5) is 2.36. The van der Waals surface area contributed by atoms with E-state index in [4.69, 9.17) is 4.74 Å². The van der Waals surface area contributed by atoms with Crippen molar-refractivity contribution in [2.24, 2.45) is 5.92 Å². The number of phenolic OH excluding ortho intramolecular Hbond substituents is 1. The summed E-state index contributed by atoms with van der Waals surface area (Å²) in [7, 11) is 2.16. The first-order valence-electron chi connectivity index (χ1n) is 7.03. The zero-order valence-corrected chi connectivity index (χ0v) is 11.9. The molecule has 4 nitrogen and oxygen atoms in total. The Morgan fingerprint density at radius 3 is 3.00 bits per heavy atom. The van der Waals surface area contributed by atoms with Gasteiger partial charge in [0.1, 0.15) is 0 Å². The normalized spacial score (nSPS) is 19.8. The predicted octanol–water partition coefficient (Wildman–Crippen LogP) is 1.83. The van der Waals surface area contributed by atoms with Crippen molar-refractivity contribution in [2.45, 2.75) is 19.9 Å². The van der Waals surface area contributed by atoms with Gasteiger partial charge in [0.15, 0.2) is 11.5 Å². The van der Waals surface area contributed by atoms with Gasteiger partial charge in [-0.05, 0) is 45.5 Å². The van der Waals surface area contributed by atoms with E-state index < -0.39 is 0 Å². The van der Waals surface area contributed by atoms with Gasteiger partial charge in [-0.3, -0.25) is 0 Å². The minimum Gasteiger partial charge on any atom is -0.504 e. The number of hydrogen-bond acceptors (Lipinski definition) is 4. The lowest BCUT2D eigenvalue weighted by Crippen LogP contribution is -2.24. The lowest BCUT2D eigenvalue weighted by atomic mass is 10.1. The summed E-state index contributed by atoms with van der Waals surface area (Å²) >= 11 is 0. The molecule has 1 atom stereocenters. The lowest BCUT2D eigenvalue weighted by Gasteiger charge is -2.13. The van der Waals surface area contributed by atoms with Gasteiger partial charge in [0, 0.05) is 18.7 Å². The van der Waals surface area contributed by atoms with Gasteiger partial charge in [0.2, 0.25) is 0 Å². The minimum atomic E-state index is 0.264. The van der Waals surface area contributed by atoms with Crippen LogP contribution in [0.4, 0.5) is 0 Å². The van der Waals surface area contributed by atoms with Gasteiger partial charge in [-0.2, -0.15) is 0 Å². The Kier molecular flexibility index (Phi) is 5.05. The van der Waals surface area contributed by atoms with Crippen molar-refractivity contribution in [1.29, 1.82) is 0 Å². The van der Waals surface area contributed by atoms with Crippen LogP contribution >= 0.6 is 0 Å². The molecule has 1 aliphatic heterocycles. The zero-order chi connectivity index (χ0) is 13.7. The van der Waals surface area contributed by atoms with E-state index >= 15 is 0 Å². The number of likely N-dealkylation sites (tertiary alicyclic amines) is 1. The Morgan fingerprint density at radius 1 is 1.47 bits per heavy atom. The summed E-state index contributed by atoms with van der Waals surface area (Å²) in [6.07, 6.45) is 1.26. The van der Waals surface area contributed by atoms with E-state index in [0.29, 0.717) is 18.9 Å². The highest BCUT2D eigenvalue weighted by atomic mass is 16.5. The lowest BCUT2D eigenvalue weighted by molar-refractivity contribution is 0.316. The Morgan fingerprint density at radius 2 is 2.32 bits per heavy atom. The number of rotatable bonds is 6. The van der Waals surface area contributed by atoms with Crippen LogP contribution in [0.1, 0.15) is 18.9 Å². The van der Waals surface area contributed by atoms with Crippen LogP contribution in [-0.4, -0.2) is 43.3 Å². The third kappa shape index (κ3) is 3.85. The molecule has 0 aliphatic carbocycles. The summed E-state index contributed by atoms with van der Waals surface area (Å²) < 4.78 is 5.39. The smallest absolute Gasteiger partial charge is 0.162 e. The van der Waals surface area contributed by atoms with Crippen LogP contribution in [-0.2, 0) is 6.54 Å². The molecule has 2 N–H and O–H groups in total. The predicted molar refractivity (Wildman–Crippen MR) is 76.6 cm³/mol. The molecule has 1 unspecified atom stereocenters. The number of para-hydroxylation sites is 1. The van der Waals surface area contributed by atoms with Crippen molar-refractivity contribution in [2.75, 3.05) is 33.3 Å². The number of nitrogens with one attached hydrogen (secondary N) is 1. The first-order valence-corrected chi connectivity index (χ1v) is 7.03. The summed E-state index contributed by atoms with van der Waals surface area (Å²) in [6.45, 7) is 6.53. The Balaban J connectivity index is 1.84. The number of phenols is 1. The third-order valence-electron chi connectivity index (χ3n) is 3.62. The van der Waals surface area contributed by atoms with E-state index in [0.717, 1.165) is 24.6 Å². The molecule has 2 rings (SSSR count). The summed E-state index contributed by atoms with van der Waals surface area (Å²) in [6, 6.07) is 5.66. The molecule has 0 bridgehead atoms. The van der Waals surface area contributed by atoms with Crippen molar-refractivity contribution in [1.82, 2.24) is 10.2 Å². The van der Waals surface area contributed by atoms with Gasteiger partial charge in [-0.25, -0.2) is 0 Å². The quantitative estimate of drug-likeness (QED) is 0.823. The average molecular weight is 264 g/mol. The summed E-state index contributed by atoms with van der Waals surface area (Å²) in [5.41, 5.74) is 0.900. The molecule has 1 fully saturated rings. The fraction of sp³-hybridized carbons (Fsp3) is 0.600. The van der Waals surface area contributed by atoms with Crippen LogP contribution in [0.25, 0.3) is 0 Å². The largest absolute Gasteiger partial charge is 0.504 e. The molecule has 0 radical (unpaired) electrons. The minimum absolute atomic E-state index is 0.264. The van der Waals surface area contributed by atoms with E-state index in [-0.39, 0.29) is 5.75 Å². The molecule has 19 heavy (non-hydrogen) atoms. The summed E-state index contributed by atoms with van der Waals surface area (Å²) in [5, 5.41) is 13.5. The highest BCUT2D eigenvalue weighted by Crippen LogP contribution is 2.29. The SMILES string of the molecule is CCOc1cccc(CNCC2CCN(C)C2)c1O. The van der Waals surface area contributed by atoms with Crippen LogP contribution in [0.15, 0.2) is 18.2 Å². The molecular weight excluding hydrogens is 240 g/mol. The second-order valence-electron chi connectivity index (χ2n) is 5.24. The maximum Gasteiger partial charge on any atom is 0.162 e. The van der Waals surface area contributed by atoms with E-state index in [9.17, 15) is 5.11 Å². The monoisotopic (exact) mass is 264 g/mol. The highest BCUT2D eigenvalue weighted by molar-refractivity contribution is 5.45. The molecule has 1 aromatic rings. The number of nitrogens with zero attached hydrogens (tertiary/aromatic N) is 1. The molecule has 1 heterocycles. The van der Waals surface area contributed by atoms with Gasteiger partial charge in [0.25, 0.3) is 0 Å². The molecule has 0 saturated carbocycles. The second-order valence-corrected chi connectivity index (χ2v) is 5.24. The van der Waals surface area contributed by atoms with Crippen LogP contribution in [0, 0.1) is 5.92 Å². The first kappa shape index (κ1) is 14.2. The van der Waals surface area contributed by atoms with Crippen LogP contribution in [0.3, 0.4) is 0 Å². The van der Waals surface area contributed by atoms with Crippen molar-refractivity contribution in [3.05, 3.63) is 23.8 Å². The molecule has 4 heteroatoms. The topological polar surface area (TPSA) is 44.7 Å². The van der Waals surface area contributed by atoms with E-state index in [1.807, 2.05) is 19.1 Å². The van der Waals surface area contributed by atoms with Crippen molar-refractivity contribution < 1.29 is 9.84 Å². The van der Waals surface area contributed by atoms with Gasteiger partial charge in [-0.15, -0.1) is 0 Å². The molecule has 1 saturated heterocycles. The highest BCUT2D eigenvalue weighted by Gasteiger charge is 2.18. The Labute approximate surface area is 115 Å². The van der Waals surface area contributed by atoms with Gasteiger partial charge < -0.3 is 20.1 Å². The fourth-order valence-electron chi connectivity index (χ4n) is 2.59. The molecule has 0 spiro atoms. The van der Waals surface area contributed by atoms with Crippen LogP contribution in [0.5, 0.6) is 11.5 Å². The second kappa shape index (κ2) is 6.78. The van der Waals surface area contributed by atoms with Crippen LogP contribution in [0.2, 0.25) is 0 Å². The average Bonchev–Trinajstić information content (AvgIpc) is 2.80. The van der Waals surface area contributed by atoms with Crippen molar-refractivity contribution in [3.8, 4) is 11.5 Å². The Bertz CT molecular complexity index is 409. The van der Waals surface area contributed by atoms with Gasteiger partial charge in [-0.1, -0.05) is 12.1 Å². The Hall–Kier alpha value is -1.26. The van der Waals surface area contributed by atoms with E-state index in [2.05, 4.69) is 17.3 Å². The number of hydrogen-bond donors (Lipinski definition) is 2. The first-order chi connectivity index (χ1) is 9.20. The third-order valence-corrected chi connectivity index (χ3v) is 3.62. The van der Waals surface area contributed by atoms with E-state index in [1.54, 1.807) is 6.07 Å². The molecule has 0 aromatic heterocycles. The number of ether oxygens (including phenoxy) is 1. The van der Waals surface area contributed by atoms with Gasteiger partial charge in [0.05, 0.1) is 6.61 Å². The van der Waals surface area contributed by atoms with E-state index in [1.165, 1.54) is 13.0 Å².